The van der Waals surface area contributed by atoms with E-state index in [-0.39, 0.29) is 4.90 Å². The van der Waals surface area contributed by atoms with Crippen LogP contribution in [0.25, 0.3) is 5.53 Å². The van der Waals surface area contributed by atoms with Crippen LogP contribution in [0.1, 0.15) is 19.4 Å². The Balaban J connectivity index is 3.21. The molecular formula is C12H14N2O4S. The van der Waals surface area contributed by atoms with Gasteiger partial charge in [0.25, 0.3) is 9.84 Å². The second kappa shape index (κ2) is 5.77. The van der Waals surface area contributed by atoms with Gasteiger partial charge in [-0.05, 0) is 32.9 Å². The summed E-state index contributed by atoms with van der Waals surface area (Å²) in [7, 11) is -4.19. The molecule has 7 heteroatoms. The average Bonchev–Trinajstić information content (AvgIpc) is 2.28. The molecule has 0 unspecified atom stereocenters. The minimum absolute atomic E-state index is 0.133. The summed E-state index contributed by atoms with van der Waals surface area (Å²) >= 11 is 0. The van der Waals surface area contributed by atoms with E-state index in [1.807, 2.05) is 0 Å². The van der Waals surface area contributed by atoms with E-state index in [0.717, 1.165) is 5.56 Å². The van der Waals surface area contributed by atoms with Crippen molar-refractivity contribution in [2.75, 3.05) is 0 Å². The predicted molar refractivity (Wildman–Crippen MR) is 68.2 cm³/mol. The van der Waals surface area contributed by atoms with Crippen LogP contribution in [0.4, 0.5) is 0 Å². The molecule has 0 aliphatic heterocycles. The van der Waals surface area contributed by atoms with Gasteiger partial charge in [-0.2, -0.15) is 0 Å². The van der Waals surface area contributed by atoms with E-state index in [2.05, 4.69) is 4.79 Å². The molecule has 1 aromatic rings. The smallest absolute Gasteiger partial charge is 0.454 e. The van der Waals surface area contributed by atoms with Crippen LogP contribution in [0.3, 0.4) is 0 Å². The number of carbonyl (C=O) groups is 1. The summed E-state index contributed by atoms with van der Waals surface area (Å²) in [5, 5.41) is -1.02. The van der Waals surface area contributed by atoms with Crippen LogP contribution in [0.15, 0.2) is 29.2 Å². The highest BCUT2D eigenvalue weighted by Crippen LogP contribution is 2.14. The van der Waals surface area contributed by atoms with Gasteiger partial charge < -0.3 is 10.3 Å². The van der Waals surface area contributed by atoms with E-state index in [1.165, 1.54) is 12.1 Å². The highest BCUT2D eigenvalue weighted by molar-refractivity contribution is 8.08. The maximum atomic E-state index is 12.1. The number of hydrogen-bond acceptors (Lipinski definition) is 4. The number of nitrogens with zero attached hydrogens (tertiary/aromatic N) is 2. The molecule has 0 saturated carbocycles. The van der Waals surface area contributed by atoms with Crippen LogP contribution < -0.4 is 0 Å². The molecule has 0 radical (unpaired) electrons. The summed E-state index contributed by atoms with van der Waals surface area (Å²) in [6, 6.07) is 5.82. The third-order valence-corrected chi connectivity index (χ3v) is 3.84. The Labute approximate surface area is 111 Å². The van der Waals surface area contributed by atoms with E-state index in [0.29, 0.717) is 0 Å². The van der Waals surface area contributed by atoms with Crippen LogP contribution in [0.2, 0.25) is 0 Å². The van der Waals surface area contributed by atoms with Gasteiger partial charge in [0.2, 0.25) is 0 Å². The number of carbonyl (C=O) groups excluding carboxylic acids is 1. The van der Waals surface area contributed by atoms with Crippen molar-refractivity contribution in [3.8, 4) is 0 Å². The quantitative estimate of drug-likeness (QED) is 0.269. The maximum absolute atomic E-state index is 12.1. The van der Waals surface area contributed by atoms with Crippen molar-refractivity contribution in [3.63, 3.8) is 0 Å². The first-order chi connectivity index (χ1) is 8.78. The zero-order valence-corrected chi connectivity index (χ0v) is 11.6. The highest BCUT2D eigenvalue weighted by atomic mass is 32.2. The van der Waals surface area contributed by atoms with E-state index >= 15 is 0 Å². The maximum Gasteiger partial charge on any atom is 0.493 e. The topological polar surface area (TPSA) is 96.8 Å². The number of rotatable bonds is 2. The lowest BCUT2D eigenvalue weighted by atomic mass is 10.2. The molecule has 0 spiro atoms. The van der Waals surface area contributed by atoms with Crippen LogP contribution in [0.5, 0.6) is 0 Å². The molecule has 0 aliphatic rings. The highest BCUT2D eigenvalue weighted by Gasteiger charge is 2.39. The van der Waals surface area contributed by atoms with Gasteiger partial charge in [0, 0.05) is 0 Å². The zero-order valence-electron chi connectivity index (χ0n) is 10.8. The normalized spacial score (nSPS) is 10.9. The van der Waals surface area contributed by atoms with E-state index < -0.39 is 27.0 Å². The molecule has 1 rings (SSSR count). The molecule has 0 aliphatic carbocycles. The van der Waals surface area contributed by atoms with Crippen molar-refractivity contribution in [3.05, 3.63) is 35.4 Å². The second-order valence-corrected chi connectivity index (χ2v) is 6.04. The van der Waals surface area contributed by atoms with E-state index in [9.17, 15) is 13.2 Å². The minimum atomic E-state index is -4.19. The Morgan fingerprint density at radius 2 is 1.79 bits per heavy atom. The molecule has 0 N–H and O–H groups in total. The molecule has 0 bridgehead atoms. The molecular weight excluding hydrogens is 268 g/mol. The summed E-state index contributed by atoms with van der Waals surface area (Å²) in [5.74, 6) is -1.18. The van der Waals surface area contributed by atoms with Crippen LogP contribution >= 0.6 is 0 Å². The van der Waals surface area contributed by atoms with E-state index in [1.54, 1.807) is 32.9 Å². The number of aryl methyl sites for hydroxylation is 1. The fraction of sp³-hybridized carbons (Fsp3) is 0.333. The van der Waals surface area contributed by atoms with Crippen molar-refractivity contribution in [1.82, 2.24) is 0 Å². The molecule has 6 nitrogen and oxygen atoms in total. The van der Waals surface area contributed by atoms with E-state index in [4.69, 9.17) is 10.3 Å². The number of ether oxygens (including phenoxy) is 1. The van der Waals surface area contributed by atoms with Crippen molar-refractivity contribution >= 4 is 20.9 Å². The number of esters is 1. The minimum Gasteiger partial charge on any atom is -0.454 e. The summed E-state index contributed by atoms with van der Waals surface area (Å²) in [4.78, 5) is 14.0. The molecule has 19 heavy (non-hydrogen) atoms. The largest absolute Gasteiger partial charge is 0.493 e. The Morgan fingerprint density at radius 1 is 1.26 bits per heavy atom. The number of benzene rings is 1. The Morgan fingerprint density at radius 3 is 2.21 bits per heavy atom. The summed E-state index contributed by atoms with van der Waals surface area (Å²) < 4.78 is 28.9. The molecule has 0 fully saturated rings. The van der Waals surface area contributed by atoms with Gasteiger partial charge in [-0.25, -0.2) is 13.2 Å². The third-order valence-electron chi connectivity index (χ3n) is 2.19. The van der Waals surface area contributed by atoms with Gasteiger partial charge in [0.1, 0.15) is 0 Å². The predicted octanol–water partition coefficient (Wildman–Crippen LogP) is 1.35. The zero-order chi connectivity index (χ0) is 14.6. The SMILES string of the molecule is Cc1ccc(S(=O)(=O)C(=[N+]=[N-])C(=O)OC(C)C)cc1. The number of hydrogen-bond donors (Lipinski definition) is 0. The fourth-order valence-corrected chi connectivity index (χ4v) is 2.39. The number of sulfone groups is 1. The monoisotopic (exact) mass is 282 g/mol. The average molecular weight is 282 g/mol. The first-order valence-corrected chi connectivity index (χ1v) is 7.02. The molecule has 1 aromatic carbocycles. The molecule has 102 valence electrons. The van der Waals surface area contributed by atoms with Gasteiger partial charge >= 0.3 is 11.0 Å². The Bertz CT molecular complexity index is 626. The first kappa shape index (κ1) is 15.1. The molecule has 0 heterocycles. The second-order valence-electron chi connectivity index (χ2n) is 4.18. The van der Waals surface area contributed by atoms with Gasteiger partial charge in [-0.1, -0.05) is 17.7 Å². The Hall–Kier alpha value is -1.98. The van der Waals surface area contributed by atoms with Gasteiger partial charge in [-0.3, -0.25) is 0 Å². The standard InChI is InChI=1S/C12H14N2O4S/c1-8(2)18-12(15)11(14-13)19(16,17)10-6-4-9(3)5-7-10/h4-8H,1-3H3. The van der Waals surface area contributed by atoms with Crippen LogP contribution in [-0.2, 0) is 19.4 Å². The van der Waals surface area contributed by atoms with Gasteiger partial charge in [-0.15, -0.1) is 4.79 Å². The van der Waals surface area contributed by atoms with Crippen molar-refractivity contribution in [2.24, 2.45) is 0 Å². The molecule has 0 atom stereocenters. The third kappa shape index (κ3) is 3.49. The lowest BCUT2D eigenvalue weighted by Gasteiger charge is -2.05. The van der Waals surface area contributed by atoms with Crippen molar-refractivity contribution in [2.45, 2.75) is 31.8 Å². The van der Waals surface area contributed by atoms with Crippen molar-refractivity contribution < 1.29 is 22.7 Å². The Kier molecular flexibility index (Phi) is 4.58. The fourth-order valence-electron chi connectivity index (χ4n) is 1.30. The van der Waals surface area contributed by atoms with Crippen LogP contribution in [0, 0.1) is 6.92 Å². The summed E-state index contributed by atoms with van der Waals surface area (Å²) in [6.45, 7) is 4.92. The molecule has 0 aromatic heterocycles. The molecule has 0 amide bonds. The molecule has 0 saturated heterocycles. The van der Waals surface area contributed by atoms with Gasteiger partial charge in [0.15, 0.2) is 0 Å². The lowest BCUT2D eigenvalue weighted by molar-refractivity contribution is -0.142. The summed E-state index contributed by atoms with van der Waals surface area (Å²) in [6.07, 6.45) is -0.516. The first-order valence-electron chi connectivity index (χ1n) is 5.54. The van der Waals surface area contributed by atoms with Crippen molar-refractivity contribution in [1.29, 1.82) is 0 Å². The lowest BCUT2D eigenvalue weighted by Crippen LogP contribution is -2.29. The summed E-state index contributed by atoms with van der Waals surface area (Å²) in [5.41, 5.74) is 9.64. The van der Waals surface area contributed by atoms with Gasteiger partial charge in [0.05, 0.1) is 11.0 Å². The van der Waals surface area contributed by atoms with Crippen LogP contribution in [-0.4, -0.2) is 30.3 Å².